The van der Waals surface area contributed by atoms with Crippen LogP contribution in [0.15, 0.2) is 17.5 Å². The highest BCUT2D eigenvalue weighted by Crippen LogP contribution is 2.23. The van der Waals surface area contributed by atoms with E-state index < -0.39 is 0 Å². The first-order chi connectivity index (χ1) is 7.75. The predicted molar refractivity (Wildman–Crippen MR) is 68.7 cm³/mol. The highest BCUT2D eigenvalue weighted by atomic mass is 32.1. The summed E-state index contributed by atoms with van der Waals surface area (Å²) in [6, 6.07) is 4.03. The first-order valence-corrected chi connectivity index (χ1v) is 7.07. The number of hydrogen-bond acceptors (Lipinski definition) is 3. The maximum atomic E-state index is 9.99. The number of aliphatic hydroxyl groups is 1. The van der Waals surface area contributed by atoms with Gasteiger partial charge in [0.1, 0.15) is 0 Å². The third kappa shape index (κ3) is 3.30. The van der Waals surface area contributed by atoms with Gasteiger partial charge < -0.3 is 10.0 Å². The average Bonchev–Trinajstić information content (AvgIpc) is 2.79. The van der Waals surface area contributed by atoms with E-state index >= 15 is 0 Å². The van der Waals surface area contributed by atoms with Crippen LogP contribution in [-0.4, -0.2) is 29.6 Å². The third-order valence-electron chi connectivity index (χ3n) is 3.33. The topological polar surface area (TPSA) is 23.5 Å². The van der Waals surface area contributed by atoms with Gasteiger partial charge in [-0.15, -0.1) is 11.3 Å². The summed E-state index contributed by atoms with van der Waals surface area (Å²) in [5.41, 5.74) is 0. The molecule has 0 saturated carbocycles. The smallest absolute Gasteiger partial charge is 0.0894 e. The van der Waals surface area contributed by atoms with Crippen LogP contribution in [0, 0.1) is 5.92 Å². The zero-order chi connectivity index (χ0) is 11.4. The summed E-state index contributed by atoms with van der Waals surface area (Å²) in [6.07, 6.45) is 3.28. The van der Waals surface area contributed by atoms with E-state index in [0.717, 1.165) is 23.8 Å². The van der Waals surface area contributed by atoms with Crippen molar-refractivity contribution in [3.63, 3.8) is 0 Å². The first kappa shape index (κ1) is 12.1. The molecule has 2 nitrogen and oxygen atoms in total. The van der Waals surface area contributed by atoms with Gasteiger partial charge in [0.15, 0.2) is 0 Å². The number of hydrogen-bond donors (Lipinski definition) is 1. The minimum Gasteiger partial charge on any atom is -0.388 e. The molecule has 1 saturated heterocycles. The van der Waals surface area contributed by atoms with Crippen LogP contribution in [0.4, 0.5) is 0 Å². The second kappa shape index (κ2) is 5.80. The van der Waals surface area contributed by atoms with Crippen molar-refractivity contribution in [3.8, 4) is 0 Å². The quantitative estimate of drug-likeness (QED) is 0.873. The van der Waals surface area contributed by atoms with Crippen molar-refractivity contribution in [1.82, 2.24) is 4.90 Å². The van der Waals surface area contributed by atoms with Crippen LogP contribution in [0.25, 0.3) is 0 Å². The van der Waals surface area contributed by atoms with Gasteiger partial charge in [-0.25, -0.2) is 0 Å². The fourth-order valence-corrected chi connectivity index (χ4v) is 3.16. The molecule has 1 aromatic heterocycles. The highest BCUT2D eigenvalue weighted by Gasteiger charge is 2.17. The summed E-state index contributed by atoms with van der Waals surface area (Å²) < 4.78 is 0. The summed E-state index contributed by atoms with van der Waals surface area (Å²) in [6.45, 7) is 5.77. The Morgan fingerprint density at radius 1 is 1.62 bits per heavy atom. The predicted octanol–water partition coefficient (Wildman–Crippen LogP) is 2.90. The largest absolute Gasteiger partial charge is 0.388 e. The van der Waals surface area contributed by atoms with Gasteiger partial charge in [0.25, 0.3) is 0 Å². The lowest BCUT2D eigenvalue weighted by atomic mass is 10.00. The van der Waals surface area contributed by atoms with Crippen LogP contribution in [-0.2, 0) is 0 Å². The molecular weight excluding hydrogens is 218 g/mol. The van der Waals surface area contributed by atoms with E-state index in [1.54, 1.807) is 11.3 Å². The Morgan fingerprint density at radius 2 is 2.50 bits per heavy atom. The van der Waals surface area contributed by atoms with Gasteiger partial charge in [0.2, 0.25) is 0 Å². The van der Waals surface area contributed by atoms with Crippen molar-refractivity contribution in [3.05, 3.63) is 22.4 Å². The van der Waals surface area contributed by atoms with Crippen molar-refractivity contribution in [2.24, 2.45) is 5.92 Å². The molecule has 1 aliphatic heterocycles. The van der Waals surface area contributed by atoms with E-state index in [-0.39, 0.29) is 6.10 Å². The third-order valence-corrected chi connectivity index (χ3v) is 4.31. The molecule has 1 fully saturated rings. The van der Waals surface area contributed by atoms with Crippen LogP contribution in [0.3, 0.4) is 0 Å². The fourth-order valence-electron chi connectivity index (χ4n) is 2.42. The number of nitrogens with zero attached hydrogens (tertiary/aromatic N) is 1. The molecule has 2 rings (SSSR count). The summed E-state index contributed by atoms with van der Waals surface area (Å²) >= 11 is 1.65. The number of likely N-dealkylation sites (tertiary alicyclic amines) is 1. The lowest BCUT2D eigenvalue weighted by Crippen LogP contribution is -2.35. The lowest BCUT2D eigenvalue weighted by molar-refractivity contribution is 0.124. The minimum absolute atomic E-state index is 0.266. The Balaban J connectivity index is 1.74. The monoisotopic (exact) mass is 239 g/mol. The van der Waals surface area contributed by atoms with Crippen molar-refractivity contribution in [1.29, 1.82) is 0 Å². The Kier molecular flexibility index (Phi) is 4.38. The molecular formula is C13H21NOS. The fraction of sp³-hybridized carbons (Fsp3) is 0.692. The van der Waals surface area contributed by atoms with Gasteiger partial charge >= 0.3 is 0 Å². The minimum atomic E-state index is -0.266. The van der Waals surface area contributed by atoms with E-state index in [1.807, 2.05) is 17.5 Å². The highest BCUT2D eigenvalue weighted by molar-refractivity contribution is 7.10. The zero-order valence-electron chi connectivity index (χ0n) is 9.93. The van der Waals surface area contributed by atoms with Gasteiger partial charge in [0.05, 0.1) is 6.10 Å². The van der Waals surface area contributed by atoms with E-state index in [1.165, 1.54) is 25.9 Å². The summed E-state index contributed by atoms with van der Waals surface area (Å²) in [7, 11) is 0. The molecule has 16 heavy (non-hydrogen) atoms. The lowest BCUT2D eigenvalue weighted by Gasteiger charge is -2.31. The van der Waals surface area contributed by atoms with Gasteiger partial charge in [-0.1, -0.05) is 13.0 Å². The molecule has 2 heterocycles. The second-order valence-corrected chi connectivity index (χ2v) is 5.85. The molecule has 2 atom stereocenters. The van der Waals surface area contributed by atoms with Crippen molar-refractivity contribution < 1.29 is 5.11 Å². The number of piperidine rings is 1. The molecule has 1 aromatic rings. The summed E-state index contributed by atoms with van der Waals surface area (Å²) in [5, 5.41) is 12.0. The average molecular weight is 239 g/mol. The van der Waals surface area contributed by atoms with Crippen LogP contribution >= 0.6 is 11.3 Å². The Bertz CT molecular complexity index is 299. The van der Waals surface area contributed by atoms with Crippen LogP contribution in [0.1, 0.15) is 37.2 Å². The molecule has 1 aliphatic rings. The van der Waals surface area contributed by atoms with Crippen molar-refractivity contribution >= 4 is 11.3 Å². The first-order valence-electron chi connectivity index (χ1n) is 6.19. The SMILES string of the molecule is C[C@@H]1CCCN(CC[C@H](O)c2cccs2)C1. The molecule has 0 aliphatic carbocycles. The second-order valence-electron chi connectivity index (χ2n) is 4.87. The van der Waals surface area contributed by atoms with Gasteiger partial charge in [-0.3, -0.25) is 0 Å². The molecule has 90 valence electrons. The maximum Gasteiger partial charge on any atom is 0.0894 e. The maximum absolute atomic E-state index is 9.99. The van der Waals surface area contributed by atoms with E-state index in [0.29, 0.717) is 0 Å². The molecule has 0 amide bonds. The number of thiophene rings is 1. The molecule has 1 N–H and O–H groups in total. The normalized spacial score (nSPS) is 24.5. The Morgan fingerprint density at radius 3 is 3.19 bits per heavy atom. The Hall–Kier alpha value is -0.380. The molecule has 0 unspecified atom stereocenters. The van der Waals surface area contributed by atoms with Crippen LogP contribution in [0.2, 0.25) is 0 Å². The van der Waals surface area contributed by atoms with Crippen molar-refractivity contribution in [2.75, 3.05) is 19.6 Å². The van der Waals surface area contributed by atoms with E-state index in [9.17, 15) is 5.11 Å². The molecule has 0 radical (unpaired) electrons. The van der Waals surface area contributed by atoms with Crippen LogP contribution in [0.5, 0.6) is 0 Å². The molecule has 0 aromatic carbocycles. The molecule has 0 bridgehead atoms. The molecule has 3 heteroatoms. The van der Waals surface area contributed by atoms with E-state index in [4.69, 9.17) is 0 Å². The van der Waals surface area contributed by atoms with E-state index in [2.05, 4.69) is 11.8 Å². The number of aliphatic hydroxyl groups excluding tert-OH is 1. The molecule has 0 spiro atoms. The van der Waals surface area contributed by atoms with Crippen LogP contribution < -0.4 is 0 Å². The summed E-state index contributed by atoms with van der Waals surface area (Å²) in [5.74, 6) is 0.827. The van der Waals surface area contributed by atoms with Crippen molar-refractivity contribution in [2.45, 2.75) is 32.3 Å². The van der Waals surface area contributed by atoms with Gasteiger partial charge in [-0.05, 0) is 43.2 Å². The zero-order valence-corrected chi connectivity index (χ0v) is 10.7. The summed E-state index contributed by atoms with van der Waals surface area (Å²) in [4.78, 5) is 3.59. The Labute approximate surface area is 102 Å². The standard InChI is InChI=1S/C13H21NOS/c1-11-4-2-7-14(10-11)8-6-12(15)13-5-3-9-16-13/h3,5,9,11-12,15H,2,4,6-8,10H2,1H3/t11-,12+/m1/s1. The van der Waals surface area contributed by atoms with Gasteiger partial charge in [-0.2, -0.15) is 0 Å². The number of rotatable bonds is 4. The van der Waals surface area contributed by atoms with Gasteiger partial charge in [0, 0.05) is 18.0 Å².